The molecule has 0 aliphatic carbocycles. The molecule has 0 unspecified atom stereocenters. The maximum Gasteiger partial charge on any atom is 0.183 e. The number of aryl methyl sites for hydroxylation is 1. The van der Waals surface area contributed by atoms with E-state index in [9.17, 15) is 4.79 Å². The maximum absolute atomic E-state index is 12.1. The minimum absolute atomic E-state index is 0.0508. The van der Waals surface area contributed by atoms with Gasteiger partial charge in [0, 0.05) is 24.2 Å². The predicted molar refractivity (Wildman–Crippen MR) is 89.0 cm³/mol. The first kappa shape index (κ1) is 15.2. The van der Waals surface area contributed by atoms with E-state index in [4.69, 9.17) is 4.74 Å². The van der Waals surface area contributed by atoms with Gasteiger partial charge in [-0.15, -0.1) is 0 Å². The number of aromatic nitrogens is 3. The molecule has 0 aliphatic rings. The van der Waals surface area contributed by atoms with Gasteiger partial charge in [-0.05, 0) is 43.2 Å². The Labute approximate surface area is 134 Å². The average molecular weight is 309 g/mol. The van der Waals surface area contributed by atoms with Crippen molar-refractivity contribution in [2.45, 2.75) is 26.7 Å². The number of carbonyl (C=O) groups excluding carboxylic acids is 1. The van der Waals surface area contributed by atoms with Gasteiger partial charge in [-0.2, -0.15) is 5.10 Å². The van der Waals surface area contributed by atoms with Crippen LogP contribution in [0.25, 0.3) is 16.9 Å². The van der Waals surface area contributed by atoms with E-state index in [0.717, 1.165) is 29.0 Å². The van der Waals surface area contributed by atoms with Gasteiger partial charge in [-0.25, -0.2) is 9.50 Å². The van der Waals surface area contributed by atoms with Gasteiger partial charge >= 0.3 is 0 Å². The highest BCUT2D eigenvalue weighted by molar-refractivity contribution is 5.95. The summed E-state index contributed by atoms with van der Waals surface area (Å²) in [4.78, 5) is 16.4. The molecule has 2 aromatic heterocycles. The van der Waals surface area contributed by atoms with Gasteiger partial charge in [-0.1, -0.05) is 6.92 Å². The molecule has 0 saturated heterocycles. The fourth-order valence-electron chi connectivity index (χ4n) is 2.64. The number of ether oxygens (including phenoxy) is 1. The van der Waals surface area contributed by atoms with Gasteiger partial charge in [0.2, 0.25) is 0 Å². The molecule has 0 atom stereocenters. The molecule has 0 saturated carbocycles. The third-order valence-electron chi connectivity index (χ3n) is 3.81. The molecule has 118 valence electrons. The Balaban J connectivity index is 2.11. The number of ketones is 1. The van der Waals surface area contributed by atoms with Crippen LogP contribution in [0.15, 0.2) is 36.5 Å². The zero-order chi connectivity index (χ0) is 16.4. The van der Waals surface area contributed by atoms with Crippen molar-refractivity contribution >= 4 is 11.4 Å². The molecule has 23 heavy (non-hydrogen) atoms. The molecule has 5 nitrogen and oxygen atoms in total. The Hall–Kier alpha value is -2.69. The molecule has 0 amide bonds. The summed E-state index contributed by atoms with van der Waals surface area (Å²) in [5, 5.41) is 4.45. The van der Waals surface area contributed by atoms with Crippen LogP contribution in [0.5, 0.6) is 5.75 Å². The highest BCUT2D eigenvalue weighted by Gasteiger charge is 2.13. The summed E-state index contributed by atoms with van der Waals surface area (Å²) in [6.45, 7) is 3.98. The Kier molecular flexibility index (Phi) is 4.10. The summed E-state index contributed by atoms with van der Waals surface area (Å²) in [6.07, 6.45) is 3.05. The molecule has 0 fully saturated rings. The number of methoxy groups -OCH3 is 1. The Morgan fingerprint density at radius 1 is 1.26 bits per heavy atom. The lowest BCUT2D eigenvalue weighted by Gasteiger charge is -2.08. The van der Waals surface area contributed by atoms with Gasteiger partial charge in [0.15, 0.2) is 11.4 Å². The Morgan fingerprint density at radius 2 is 2.09 bits per heavy atom. The second-order valence-corrected chi connectivity index (χ2v) is 5.49. The summed E-state index contributed by atoms with van der Waals surface area (Å²) in [6, 6.07) is 9.61. The van der Waals surface area contributed by atoms with Gasteiger partial charge in [0.1, 0.15) is 11.4 Å². The zero-order valence-corrected chi connectivity index (χ0v) is 13.5. The van der Waals surface area contributed by atoms with Crippen molar-refractivity contribution in [2.24, 2.45) is 0 Å². The lowest BCUT2D eigenvalue weighted by molar-refractivity contribution is 0.0976. The van der Waals surface area contributed by atoms with Crippen LogP contribution in [0.4, 0.5) is 0 Å². The summed E-state index contributed by atoms with van der Waals surface area (Å²) in [7, 11) is 1.66. The van der Waals surface area contributed by atoms with E-state index in [1.54, 1.807) is 23.9 Å². The van der Waals surface area contributed by atoms with Crippen molar-refractivity contribution in [3.05, 3.63) is 47.8 Å². The van der Waals surface area contributed by atoms with E-state index >= 15 is 0 Å². The molecule has 2 heterocycles. The van der Waals surface area contributed by atoms with E-state index in [2.05, 4.69) is 10.1 Å². The number of rotatable bonds is 5. The third kappa shape index (κ3) is 2.82. The van der Waals surface area contributed by atoms with Gasteiger partial charge in [-0.3, -0.25) is 4.79 Å². The van der Waals surface area contributed by atoms with Crippen molar-refractivity contribution < 1.29 is 9.53 Å². The van der Waals surface area contributed by atoms with E-state index in [1.807, 2.05) is 38.1 Å². The Morgan fingerprint density at radius 3 is 2.78 bits per heavy atom. The first-order valence-electron chi connectivity index (χ1n) is 7.67. The normalized spacial score (nSPS) is 10.9. The number of nitrogens with zero attached hydrogens (tertiary/aromatic N) is 3. The first-order chi connectivity index (χ1) is 11.1. The number of hydrogen-bond donors (Lipinski definition) is 0. The second kappa shape index (κ2) is 6.20. The van der Waals surface area contributed by atoms with Crippen LogP contribution >= 0.6 is 0 Å². The number of hydrogen-bond acceptors (Lipinski definition) is 4. The standard InChI is InChI=1S/C18H19N3O2/c1-4-5-16(22)14-11-18-19-9-8-15(21(18)20-14)13-6-7-17(23-3)12(2)10-13/h6-11H,4-5H2,1-3H3. The van der Waals surface area contributed by atoms with Crippen LogP contribution in [0, 0.1) is 6.92 Å². The van der Waals surface area contributed by atoms with Crippen LogP contribution in [0.2, 0.25) is 0 Å². The topological polar surface area (TPSA) is 56.5 Å². The summed E-state index contributed by atoms with van der Waals surface area (Å²) >= 11 is 0. The van der Waals surface area contributed by atoms with Crippen LogP contribution in [0.3, 0.4) is 0 Å². The molecule has 3 aromatic rings. The van der Waals surface area contributed by atoms with Gasteiger partial charge < -0.3 is 4.74 Å². The third-order valence-corrected chi connectivity index (χ3v) is 3.81. The lowest BCUT2D eigenvalue weighted by atomic mass is 10.1. The van der Waals surface area contributed by atoms with E-state index in [0.29, 0.717) is 17.8 Å². The molecule has 0 bridgehead atoms. The quantitative estimate of drug-likeness (QED) is 0.674. The lowest BCUT2D eigenvalue weighted by Crippen LogP contribution is -2.01. The highest BCUT2D eigenvalue weighted by Crippen LogP contribution is 2.26. The van der Waals surface area contributed by atoms with E-state index in [1.165, 1.54) is 0 Å². The maximum atomic E-state index is 12.1. The number of fused-ring (bicyclic) bond motifs is 1. The molecule has 0 spiro atoms. The van der Waals surface area contributed by atoms with Crippen molar-refractivity contribution in [1.82, 2.24) is 14.6 Å². The SMILES string of the molecule is CCCC(=O)c1cc2nccc(-c3ccc(OC)c(C)c3)n2n1. The zero-order valence-electron chi connectivity index (χ0n) is 13.5. The molecule has 3 rings (SSSR count). The van der Waals surface area contributed by atoms with Crippen molar-refractivity contribution in [3.63, 3.8) is 0 Å². The molecule has 1 aromatic carbocycles. The van der Waals surface area contributed by atoms with Crippen molar-refractivity contribution in [3.8, 4) is 17.0 Å². The van der Waals surface area contributed by atoms with E-state index < -0.39 is 0 Å². The molecule has 0 N–H and O–H groups in total. The highest BCUT2D eigenvalue weighted by atomic mass is 16.5. The van der Waals surface area contributed by atoms with Gasteiger partial charge in [0.25, 0.3) is 0 Å². The average Bonchev–Trinajstić information content (AvgIpc) is 2.99. The number of carbonyl (C=O) groups is 1. The van der Waals surface area contributed by atoms with Crippen molar-refractivity contribution in [2.75, 3.05) is 7.11 Å². The Bertz CT molecular complexity index is 868. The summed E-state index contributed by atoms with van der Waals surface area (Å²) in [5.41, 5.74) is 4.10. The predicted octanol–water partition coefficient (Wildman–Crippen LogP) is 3.70. The summed E-state index contributed by atoms with van der Waals surface area (Å²) in [5.74, 6) is 0.896. The fraction of sp³-hybridized carbons (Fsp3) is 0.278. The smallest absolute Gasteiger partial charge is 0.183 e. The van der Waals surface area contributed by atoms with Crippen LogP contribution in [-0.2, 0) is 0 Å². The molecule has 0 aliphatic heterocycles. The minimum Gasteiger partial charge on any atom is -0.496 e. The molecule has 5 heteroatoms. The fourth-order valence-corrected chi connectivity index (χ4v) is 2.64. The van der Waals surface area contributed by atoms with Crippen LogP contribution in [-0.4, -0.2) is 27.5 Å². The molecular formula is C18H19N3O2. The van der Waals surface area contributed by atoms with Crippen LogP contribution < -0.4 is 4.74 Å². The molecular weight excluding hydrogens is 290 g/mol. The second-order valence-electron chi connectivity index (χ2n) is 5.49. The van der Waals surface area contributed by atoms with Crippen molar-refractivity contribution in [1.29, 1.82) is 0 Å². The monoisotopic (exact) mass is 309 g/mol. The first-order valence-corrected chi connectivity index (χ1v) is 7.67. The van der Waals surface area contributed by atoms with Gasteiger partial charge in [0.05, 0.1) is 12.8 Å². The largest absolute Gasteiger partial charge is 0.496 e. The molecule has 0 radical (unpaired) electrons. The summed E-state index contributed by atoms with van der Waals surface area (Å²) < 4.78 is 7.03. The number of Topliss-reactive ketones (excluding diaryl/α,β-unsaturated/α-hetero) is 1. The number of benzene rings is 1. The van der Waals surface area contributed by atoms with Crippen LogP contribution in [0.1, 0.15) is 35.8 Å². The minimum atomic E-state index is 0.0508. The van der Waals surface area contributed by atoms with E-state index in [-0.39, 0.29) is 5.78 Å².